The fourth-order valence-corrected chi connectivity index (χ4v) is 4.64. The van der Waals surface area contributed by atoms with Crippen LogP contribution in [0, 0.1) is 12.7 Å². The zero-order valence-corrected chi connectivity index (χ0v) is 17.4. The van der Waals surface area contributed by atoms with Gasteiger partial charge in [0, 0.05) is 16.9 Å². The number of benzene rings is 3. The number of fused-ring (bicyclic) bond motifs is 1. The first-order valence-electron chi connectivity index (χ1n) is 9.62. The van der Waals surface area contributed by atoms with Gasteiger partial charge in [0.2, 0.25) is 0 Å². The number of methoxy groups -OCH3 is 1. The number of thiazole rings is 1. The van der Waals surface area contributed by atoms with Crippen molar-refractivity contribution in [3.63, 3.8) is 0 Å². The minimum Gasteiger partial charge on any atom is -0.497 e. The molecule has 0 radical (unpaired) electrons. The zero-order valence-electron chi connectivity index (χ0n) is 16.6. The molecule has 0 atom stereocenters. The van der Waals surface area contributed by atoms with Crippen molar-refractivity contribution in [2.24, 2.45) is 0 Å². The first-order valence-corrected chi connectivity index (χ1v) is 10.4. The Kier molecular flexibility index (Phi) is 4.60. The van der Waals surface area contributed by atoms with Crippen molar-refractivity contribution in [3.05, 3.63) is 90.4 Å². The Balaban J connectivity index is 1.52. The van der Waals surface area contributed by atoms with Crippen molar-refractivity contribution in [2.45, 2.75) is 6.92 Å². The van der Waals surface area contributed by atoms with E-state index in [0.29, 0.717) is 0 Å². The molecule has 0 bridgehead atoms. The summed E-state index contributed by atoms with van der Waals surface area (Å²) < 4.78 is 21.9. The lowest BCUT2D eigenvalue weighted by atomic mass is 10.1. The summed E-state index contributed by atoms with van der Waals surface area (Å²) in [7, 11) is 1.67. The molecule has 0 amide bonds. The van der Waals surface area contributed by atoms with Gasteiger partial charge in [0.1, 0.15) is 16.6 Å². The fraction of sp³-hybridized carbons (Fsp3) is 0.0800. The number of nitrogens with zero attached hydrogens (tertiary/aromatic N) is 2. The standard InChI is InChI=1S/C25H19FN2OS/c1-16-3-14-23(17-4-8-19(26)9-5-17)28(16)20-10-6-18(7-11-20)25-27-22-13-12-21(29-2)15-24(22)30-25/h3-15H,1-2H3. The maximum atomic E-state index is 13.3. The van der Waals surface area contributed by atoms with Gasteiger partial charge >= 0.3 is 0 Å². The molecule has 0 fully saturated rings. The number of hydrogen-bond acceptors (Lipinski definition) is 3. The Morgan fingerprint density at radius 2 is 1.60 bits per heavy atom. The van der Waals surface area contributed by atoms with Gasteiger partial charge < -0.3 is 9.30 Å². The summed E-state index contributed by atoms with van der Waals surface area (Å²) in [6, 6.07) is 25.1. The molecule has 0 aliphatic rings. The molecule has 0 saturated heterocycles. The SMILES string of the molecule is COc1ccc2nc(-c3ccc(-n4c(C)ccc4-c4ccc(F)cc4)cc3)sc2c1. The average molecular weight is 415 g/mol. The van der Waals surface area contributed by atoms with E-state index in [-0.39, 0.29) is 5.82 Å². The van der Waals surface area contributed by atoms with E-state index in [1.54, 1.807) is 18.4 Å². The van der Waals surface area contributed by atoms with Crippen molar-refractivity contribution < 1.29 is 9.13 Å². The van der Waals surface area contributed by atoms with E-state index in [1.165, 1.54) is 12.1 Å². The van der Waals surface area contributed by atoms with E-state index in [9.17, 15) is 4.39 Å². The minimum absolute atomic E-state index is 0.230. The van der Waals surface area contributed by atoms with Crippen LogP contribution in [0.15, 0.2) is 78.9 Å². The quantitative estimate of drug-likeness (QED) is 0.321. The van der Waals surface area contributed by atoms with Crippen LogP contribution in [0.1, 0.15) is 5.69 Å². The molecular formula is C25H19FN2OS. The molecule has 0 saturated carbocycles. The van der Waals surface area contributed by atoms with Gasteiger partial charge in [0.25, 0.3) is 0 Å². The molecule has 5 heteroatoms. The molecule has 0 N–H and O–H groups in total. The first kappa shape index (κ1) is 18.6. The van der Waals surface area contributed by atoms with Crippen LogP contribution in [-0.4, -0.2) is 16.7 Å². The second-order valence-electron chi connectivity index (χ2n) is 7.10. The van der Waals surface area contributed by atoms with Crippen LogP contribution < -0.4 is 4.74 Å². The van der Waals surface area contributed by atoms with Crippen molar-refractivity contribution >= 4 is 21.6 Å². The van der Waals surface area contributed by atoms with E-state index in [0.717, 1.165) is 49.2 Å². The second kappa shape index (κ2) is 7.43. The monoisotopic (exact) mass is 414 g/mol. The van der Waals surface area contributed by atoms with Crippen LogP contribution in [0.4, 0.5) is 4.39 Å². The molecule has 0 aliphatic heterocycles. The smallest absolute Gasteiger partial charge is 0.124 e. The summed E-state index contributed by atoms with van der Waals surface area (Å²) in [5, 5.41) is 0.979. The molecular weight excluding hydrogens is 395 g/mol. The third-order valence-electron chi connectivity index (χ3n) is 5.18. The summed E-state index contributed by atoms with van der Waals surface area (Å²) in [5.41, 5.74) is 6.24. The third-order valence-corrected chi connectivity index (χ3v) is 6.25. The lowest BCUT2D eigenvalue weighted by Crippen LogP contribution is -1.99. The second-order valence-corrected chi connectivity index (χ2v) is 8.13. The van der Waals surface area contributed by atoms with Crippen molar-refractivity contribution in [3.8, 4) is 33.3 Å². The van der Waals surface area contributed by atoms with Gasteiger partial charge in [-0.05, 0) is 91.3 Å². The van der Waals surface area contributed by atoms with Gasteiger partial charge in [0.15, 0.2) is 0 Å². The van der Waals surface area contributed by atoms with Crippen molar-refractivity contribution in [1.82, 2.24) is 9.55 Å². The van der Waals surface area contributed by atoms with Crippen molar-refractivity contribution in [2.75, 3.05) is 7.11 Å². The Hall–Kier alpha value is -3.44. The van der Waals surface area contributed by atoms with Gasteiger partial charge in [0.05, 0.1) is 23.0 Å². The van der Waals surface area contributed by atoms with Crippen LogP contribution in [0.2, 0.25) is 0 Å². The molecule has 0 aliphatic carbocycles. The number of ether oxygens (including phenoxy) is 1. The molecule has 3 aromatic carbocycles. The fourth-order valence-electron chi connectivity index (χ4n) is 3.64. The van der Waals surface area contributed by atoms with E-state index in [1.807, 2.05) is 30.3 Å². The molecule has 2 aromatic heterocycles. The topological polar surface area (TPSA) is 27.1 Å². The summed E-state index contributed by atoms with van der Waals surface area (Å²) >= 11 is 1.65. The maximum absolute atomic E-state index is 13.3. The largest absolute Gasteiger partial charge is 0.497 e. The summed E-state index contributed by atoms with van der Waals surface area (Å²) in [5.74, 6) is 0.607. The number of aryl methyl sites for hydroxylation is 1. The number of halogens is 1. The number of hydrogen-bond donors (Lipinski definition) is 0. The highest BCUT2D eigenvalue weighted by atomic mass is 32.1. The number of rotatable bonds is 4. The Morgan fingerprint density at radius 1 is 0.867 bits per heavy atom. The Bertz CT molecular complexity index is 1330. The van der Waals surface area contributed by atoms with Crippen LogP contribution in [0.25, 0.3) is 37.7 Å². The predicted octanol–water partition coefficient (Wildman–Crippen LogP) is 6.88. The van der Waals surface area contributed by atoms with E-state index in [4.69, 9.17) is 9.72 Å². The number of aromatic nitrogens is 2. The predicted molar refractivity (Wildman–Crippen MR) is 121 cm³/mol. The molecule has 0 spiro atoms. The molecule has 5 rings (SSSR count). The molecule has 3 nitrogen and oxygen atoms in total. The molecule has 30 heavy (non-hydrogen) atoms. The van der Waals surface area contributed by atoms with Gasteiger partial charge in [-0.1, -0.05) is 0 Å². The average Bonchev–Trinajstić information content (AvgIpc) is 3.37. The Labute approximate surface area is 178 Å². The van der Waals surface area contributed by atoms with Gasteiger partial charge in [-0.25, -0.2) is 9.37 Å². The van der Waals surface area contributed by atoms with E-state index < -0.39 is 0 Å². The van der Waals surface area contributed by atoms with Gasteiger partial charge in [-0.3, -0.25) is 0 Å². The summed E-state index contributed by atoms with van der Waals surface area (Å²) in [4.78, 5) is 4.76. The van der Waals surface area contributed by atoms with E-state index in [2.05, 4.69) is 47.9 Å². The maximum Gasteiger partial charge on any atom is 0.124 e. The molecule has 0 unspecified atom stereocenters. The molecule has 148 valence electrons. The highest BCUT2D eigenvalue weighted by Gasteiger charge is 2.11. The van der Waals surface area contributed by atoms with Crippen LogP contribution in [-0.2, 0) is 0 Å². The van der Waals surface area contributed by atoms with Crippen LogP contribution in [0.3, 0.4) is 0 Å². The van der Waals surface area contributed by atoms with E-state index >= 15 is 0 Å². The van der Waals surface area contributed by atoms with Crippen molar-refractivity contribution in [1.29, 1.82) is 0 Å². The highest BCUT2D eigenvalue weighted by Crippen LogP contribution is 2.33. The molecule has 5 aromatic rings. The third kappa shape index (κ3) is 3.27. The van der Waals surface area contributed by atoms with Gasteiger partial charge in [-0.15, -0.1) is 11.3 Å². The highest BCUT2D eigenvalue weighted by molar-refractivity contribution is 7.21. The minimum atomic E-state index is -0.230. The zero-order chi connectivity index (χ0) is 20.7. The van der Waals surface area contributed by atoms with Crippen LogP contribution in [0.5, 0.6) is 5.75 Å². The van der Waals surface area contributed by atoms with Gasteiger partial charge in [-0.2, -0.15) is 0 Å². The van der Waals surface area contributed by atoms with Crippen LogP contribution >= 0.6 is 11.3 Å². The lowest BCUT2D eigenvalue weighted by Gasteiger charge is -2.12. The summed E-state index contributed by atoms with van der Waals surface area (Å²) in [6.45, 7) is 2.07. The molecule has 2 heterocycles. The summed E-state index contributed by atoms with van der Waals surface area (Å²) in [6.07, 6.45) is 0. The normalized spacial score (nSPS) is 11.2. The lowest BCUT2D eigenvalue weighted by molar-refractivity contribution is 0.415. The Morgan fingerprint density at radius 3 is 2.33 bits per heavy atom. The first-order chi connectivity index (χ1) is 14.6.